The molecule has 0 saturated heterocycles. The molecule has 1 nitrogen and oxygen atoms in total. The highest BCUT2D eigenvalue weighted by Crippen LogP contribution is 2.15. The van der Waals surface area contributed by atoms with Crippen LogP contribution in [0.3, 0.4) is 0 Å². The maximum absolute atomic E-state index is 13.6. The lowest BCUT2D eigenvalue weighted by molar-refractivity contribution is 0.577. The minimum Gasteiger partial charge on any atom is -0.269 e. The molecule has 1 heterocycles. The molecule has 0 atom stereocenters. The maximum atomic E-state index is 13.6. The highest BCUT2D eigenvalue weighted by Gasteiger charge is 2.07. The smallest absolute Gasteiger partial charge is 0.141 e. The number of rotatable bonds is 3. The molecule has 2 radical (unpaired) electrons. The third-order valence-electron chi connectivity index (χ3n) is 2.81. The summed E-state index contributed by atoms with van der Waals surface area (Å²) in [5.74, 6) is -0.760. The highest BCUT2D eigenvalue weighted by molar-refractivity contribution is 6.30. The second kappa shape index (κ2) is 7.78. The average Bonchev–Trinajstić information content (AvgIpc) is 2.44. The third-order valence-corrected chi connectivity index (χ3v) is 2.81. The SMILES string of the molecule is CC.[B]c1cccc(CCc2cc(F)c(C)cc2F)n1. The van der Waals surface area contributed by atoms with Crippen LogP contribution in [0, 0.1) is 18.6 Å². The van der Waals surface area contributed by atoms with Gasteiger partial charge in [0.2, 0.25) is 0 Å². The Bertz CT molecular complexity index is 570. The molecule has 0 aliphatic rings. The molecule has 0 bridgehead atoms. The molecule has 0 spiro atoms. The van der Waals surface area contributed by atoms with Crippen molar-refractivity contribution in [2.24, 2.45) is 0 Å². The zero-order chi connectivity index (χ0) is 15.1. The van der Waals surface area contributed by atoms with Gasteiger partial charge >= 0.3 is 0 Å². The topological polar surface area (TPSA) is 12.9 Å². The summed E-state index contributed by atoms with van der Waals surface area (Å²) < 4.78 is 26.9. The van der Waals surface area contributed by atoms with E-state index in [0.717, 1.165) is 5.69 Å². The Balaban J connectivity index is 0.000000956. The fraction of sp³-hybridized carbons (Fsp3) is 0.312. The molecule has 2 aromatic rings. The van der Waals surface area contributed by atoms with E-state index < -0.39 is 0 Å². The molecule has 0 N–H and O–H groups in total. The first kappa shape index (κ1) is 16.3. The van der Waals surface area contributed by atoms with E-state index >= 15 is 0 Å². The van der Waals surface area contributed by atoms with Gasteiger partial charge in [0, 0.05) is 5.69 Å². The molecule has 104 valence electrons. The standard InChI is InChI=1S/C14H12BF2N.C2H6/c1-9-7-13(17)10(8-12(9)16)5-6-11-3-2-4-14(15)18-11;1-2/h2-4,7-8H,5-6H2,1H3;1-2H3. The zero-order valence-corrected chi connectivity index (χ0v) is 12.1. The van der Waals surface area contributed by atoms with Crippen LogP contribution < -0.4 is 5.59 Å². The second-order valence-electron chi connectivity index (χ2n) is 4.25. The minimum absolute atomic E-state index is 0.318. The Hall–Kier alpha value is -1.71. The molecule has 20 heavy (non-hydrogen) atoms. The van der Waals surface area contributed by atoms with Gasteiger partial charge in [0.25, 0.3) is 0 Å². The van der Waals surface area contributed by atoms with E-state index in [9.17, 15) is 8.78 Å². The Morgan fingerprint density at radius 3 is 2.40 bits per heavy atom. The van der Waals surface area contributed by atoms with Gasteiger partial charge in [0.1, 0.15) is 19.5 Å². The van der Waals surface area contributed by atoms with E-state index in [4.69, 9.17) is 7.85 Å². The average molecular weight is 273 g/mol. The number of aromatic nitrogens is 1. The van der Waals surface area contributed by atoms with Gasteiger partial charge in [-0.15, -0.1) is 0 Å². The summed E-state index contributed by atoms with van der Waals surface area (Å²) in [6.45, 7) is 5.54. The molecule has 2 rings (SSSR count). The second-order valence-corrected chi connectivity index (χ2v) is 4.25. The van der Waals surface area contributed by atoms with Gasteiger partial charge in [-0.3, -0.25) is 4.98 Å². The monoisotopic (exact) mass is 273 g/mol. The number of benzene rings is 1. The van der Waals surface area contributed by atoms with Crippen molar-refractivity contribution in [3.05, 3.63) is 58.8 Å². The van der Waals surface area contributed by atoms with Crippen LogP contribution >= 0.6 is 0 Å². The molecule has 0 amide bonds. The first-order valence-electron chi connectivity index (χ1n) is 6.72. The van der Waals surface area contributed by atoms with Gasteiger partial charge < -0.3 is 0 Å². The molecular formula is C16H18BF2N. The molecule has 1 aromatic heterocycles. The summed E-state index contributed by atoms with van der Waals surface area (Å²) in [6.07, 6.45) is 0.934. The molecule has 0 aliphatic carbocycles. The Kier molecular flexibility index (Phi) is 6.36. The van der Waals surface area contributed by atoms with Crippen molar-refractivity contribution in [3.63, 3.8) is 0 Å². The highest BCUT2D eigenvalue weighted by atomic mass is 19.1. The van der Waals surface area contributed by atoms with Gasteiger partial charge in [-0.25, -0.2) is 8.78 Å². The Labute approximate surface area is 120 Å². The first-order valence-corrected chi connectivity index (χ1v) is 6.72. The predicted molar refractivity (Wildman–Crippen MR) is 79.5 cm³/mol. The fourth-order valence-electron chi connectivity index (χ4n) is 1.78. The van der Waals surface area contributed by atoms with Crippen LogP contribution in [0.15, 0.2) is 30.3 Å². The summed E-state index contributed by atoms with van der Waals surface area (Å²) >= 11 is 0. The molecule has 0 aliphatic heterocycles. The van der Waals surface area contributed by atoms with E-state index in [2.05, 4.69) is 4.98 Å². The lowest BCUT2D eigenvalue weighted by Crippen LogP contribution is -2.10. The first-order chi connectivity index (χ1) is 9.56. The number of hydrogen-bond acceptors (Lipinski definition) is 1. The van der Waals surface area contributed by atoms with Crippen LogP contribution in [0.5, 0.6) is 0 Å². The lowest BCUT2D eigenvalue weighted by atomic mass is 10.0. The van der Waals surface area contributed by atoms with Gasteiger partial charge in [-0.2, -0.15) is 0 Å². The van der Waals surface area contributed by atoms with E-state index in [1.165, 1.54) is 12.1 Å². The lowest BCUT2D eigenvalue weighted by Gasteiger charge is -2.06. The van der Waals surface area contributed by atoms with Crippen molar-refractivity contribution in [3.8, 4) is 0 Å². The molecule has 0 unspecified atom stereocenters. The summed E-state index contributed by atoms with van der Waals surface area (Å²) in [4.78, 5) is 4.12. The fourth-order valence-corrected chi connectivity index (χ4v) is 1.78. The third kappa shape index (κ3) is 4.44. The summed E-state index contributed by atoms with van der Waals surface area (Å²) in [6, 6.07) is 7.77. The van der Waals surface area contributed by atoms with Crippen molar-refractivity contribution >= 4 is 13.4 Å². The predicted octanol–water partition coefficient (Wildman–Crippen LogP) is 3.27. The van der Waals surface area contributed by atoms with Gasteiger partial charge in [-0.05, 0) is 54.7 Å². The van der Waals surface area contributed by atoms with Crippen molar-refractivity contribution in [1.82, 2.24) is 4.98 Å². The van der Waals surface area contributed by atoms with E-state index in [1.54, 1.807) is 19.1 Å². The van der Waals surface area contributed by atoms with Crippen LogP contribution in [-0.4, -0.2) is 12.8 Å². The zero-order valence-electron chi connectivity index (χ0n) is 12.1. The van der Waals surface area contributed by atoms with Crippen LogP contribution in [0.1, 0.15) is 30.7 Å². The van der Waals surface area contributed by atoms with Crippen molar-refractivity contribution in [1.29, 1.82) is 0 Å². The van der Waals surface area contributed by atoms with Crippen molar-refractivity contribution < 1.29 is 8.78 Å². The van der Waals surface area contributed by atoms with Gasteiger partial charge in [0.15, 0.2) is 0 Å². The van der Waals surface area contributed by atoms with E-state index in [0.29, 0.717) is 29.6 Å². The van der Waals surface area contributed by atoms with Crippen molar-refractivity contribution in [2.45, 2.75) is 33.6 Å². The number of nitrogens with zero attached hydrogens (tertiary/aromatic N) is 1. The maximum Gasteiger partial charge on any atom is 0.141 e. The van der Waals surface area contributed by atoms with Crippen LogP contribution in [0.4, 0.5) is 8.78 Å². The van der Waals surface area contributed by atoms with Crippen molar-refractivity contribution in [2.75, 3.05) is 0 Å². The Morgan fingerprint density at radius 2 is 1.75 bits per heavy atom. The van der Waals surface area contributed by atoms with Crippen LogP contribution in [-0.2, 0) is 12.8 Å². The molecule has 0 fully saturated rings. The molecule has 4 heteroatoms. The molecular weight excluding hydrogens is 255 g/mol. The largest absolute Gasteiger partial charge is 0.269 e. The molecule has 1 aromatic carbocycles. The minimum atomic E-state index is -0.382. The number of aryl methyl sites for hydroxylation is 3. The van der Waals surface area contributed by atoms with Gasteiger partial charge in [0.05, 0.1) is 0 Å². The number of hydrogen-bond donors (Lipinski definition) is 0. The quantitative estimate of drug-likeness (QED) is 0.782. The van der Waals surface area contributed by atoms with E-state index in [1.807, 2.05) is 19.9 Å². The van der Waals surface area contributed by atoms with Crippen LogP contribution in [0.2, 0.25) is 0 Å². The van der Waals surface area contributed by atoms with Gasteiger partial charge in [-0.1, -0.05) is 26.0 Å². The normalized spacial score (nSPS) is 9.85. The summed E-state index contributed by atoms with van der Waals surface area (Å²) in [5.41, 5.74) is 1.89. The van der Waals surface area contributed by atoms with E-state index in [-0.39, 0.29) is 11.6 Å². The Morgan fingerprint density at radius 1 is 1.05 bits per heavy atom. The number of pyridine rings is 1. The summed E-state index contributed by atoms with van der Waals surface area (Å²) in [7, 11) is 5.56. The van der Waals surface area contributed by atoms with Crippen LogP contribution in [0.25, 0.3) is 0 Å². The number of halogens is 2. The summed E-state index contributed by atoms with van der Waals surface area (Å²) in [5, 5.41) is 0. The molecule has 0 saturated carbocycles.